The van der Waals surface area contributed by atoms with Crippen LogP contribution in [0.25, 0.3) is 10.9 Å². The maximum Gasteiger partial charge on any atom is 0.352 e. The summed E-state index contributed by atoms with van der Waals surface area (Å²) < 4.78 is 4.96. The molecule has 7 N–H and O–H groups in total. The Labute approximate surface area is 292 Å². The lowest BCUT2D eigenvalue weighted by Crippen LogP contribution is -2.73. The molecule has 0 aliphatic carbocycles. The lowest BCUT2D eigenvalue weighted by Gasteiger charge is -2.52. The molecular weight excluding hydrogens is 688 g/mol. The number of nitrogens with one attached hydrogen (secondary N) is 3. The molecule has 5 rings (SSSR count). The number of thioether (sulfide) groups is 1. The van der Waals surface area contributed by atoms with E-state index in [0.717, 1.165) is 29.8 Å². The van der Waals surface area contributed by atoms with Crippen molar-refractivity contribution >= 4 is 69.8 Å². The van der Waals surface area contributed by atoms with Crippen molar-refractivity contribution in [2.24, 2.45) is 5.73 Å². The number of hydrogen-bond donors (Lipinski definition) is 6. The Morgan fingerprint density at radius 3 is 2.41 bits per heavy atom. The number of carboxylic acids is 1. The van der Waals surface area contributed by atoms with Gasteiger partial charge in [0.15, 0.2) is 0 Å². The molecule has 1 fully saturated rings. The molecule has 0 spiro atoms. The van der Waals surface area contributed by atoms with Gasteiger partial charge in [-0.15, -0.1) is 11.8 Å². The summed E-state index contributed by atoms with van der Waals surface area (Å²) in [4.78, 5) is 108. The van der Waals surface area contributed by atoms with Gasteiger partial charge in [0.05, 0.1) is 5.52 Å². The number of rotatable bonds is 10. The zero-order chi connectivity index (χ0) is 37.3. The van der Waals surface area contributed by atoms with E-state index in [0.29, 0.717) is 4.90 Å². The zero-order valence-electron chi connectivity index (χ0n) is 27.3. The van der Waals surface area contributed by atoms with Crippen molar-refractivity contribution in [2.75, 3.05) is 17.7 Å². The van der Waals surface area contributed by atoms with E-state index in [1.807, 2.05) is 0 Å². The van der Waals surface area contributed by atoms with E-state index in [9.17, 15) is 48.6 Å². The number of anilines is 1. The summed E-state index contributed by atoms with van der Waals surface area (Å²) in [5.74, 6) is -6.48. The topological polar surface area (TPSA) is 259 Å². The number of aromatic nitrogens is 1. The summed E-state index contributed by atoms with van der Waals surface area (Å²) in [7, 11) is 0. The van der Waals surface area contributed by atoms with Gasteiger partial charge in [-0.1, -0.05) is 12.1 Å². The first-order chi connectivity index (χ1) is 24.1. The third-order valence-corrected chi connectivity index (χ3v) is 9.44. The van der Waals surface area contributed by atoms with Crippen molar-refractivity contribution in [3.63, 3.8) is 0 Å². The highest BCUT2D eigenvalue weighted by Gasteiger charge is 2.59. The SMILES string of the molecule is CC(=O)NC(C)C(=O)Nc1ccc2c(=O)c(C(=O)N(C(=O)C(N)c3ccc(O)cc3)C3C(=O)N4C(C(=O)O)=C(COC(C)=O)CS[C@@H]34)c[nH]c2c1. The fourth-order valence-corrected chi connectivity index (χ4v) is 6.99. The fraction of sp³-hybridized carbons (Fsp3) is 0.273. The van der Waals surface area contributed by atoms with Crippen molar-refractivity contribution in [1.29, 1.82) is 0 Å². The Hall–Kier alpha value is -6.01. The van der Waals surface area contributed by atoms with Crippen molar-refractivity contribution in [3.05, 3.63) is 81.3 Å². The fourth-order valence-electron chi connectivity index (χ4n) is 5.61. The number of carbonyl (C=O) groups excluding carboxylic acids is 6. The molecule has 2 aliphatic heterocycles. The second-order valence-electron chi connectivity index (χ2n) is 11.7. The average molecular weight is 721 g/mol. The van der Waals surface area contributed by atoms with Crippen LogP contribution in [0.4, 0.5) is 5.69 Å². The summed E-state index contributed by atoms with van der Waals surface area (Å²) in [6, 6.07) is 5.37. The first-order valence-corrected chi connectivity index (χ1v) is 16.3. The minimum Gasteiger partial charge on any atom is -0.508 e. The molecule has 3 unspecified atom stereocenters. The number of pyridine rings is 1. The van der Waals surface area contributed by atoms with E-state index < -0.39 is 88.3 Å². The van der Waals surface area contributed by atoms with Gasteiger partial charge in [0.1, 0.15) is 47.1 Å². The molecule has 266 valence electrons. The monoisotopic (exact) mass is 720 g/mol. The first-order valence-electron chi connectivity index (χ1n) is 15.3. The van der Waals surface area contributed by atoms with Gasteiger partial charge in [-0.3, -0.25) is 43.4 Å². The van der Waals surface area contributed by atoms with E-state index in [4.69, 9.17) is 10.5 Å². The number of phenolic OH excluding ortho intramolecular Hbond substituents is 1. The van der Waals surface area contributed by atoms with E-state index in [1.54, 1.807) is 0 Å². The molecule has 5 amide bonds. The molecule has 18 heteroatoms. The number of nitrogens with zero attached hydrogens (tertiary/aromatic N) is 2. The van der Waals surface area contributed by atoms with Crippen molar-refractivity contribution in [2.45, 2.75) is 44.3 Å². The standard InChI is InChI=1S/C33H32N6O11S/c1-14(36-15(2)40)28(44)37-19-6-9-21-23(10-19)35-11-22(27(21)43)29(45)38(30(46)24(34)17-4-7-20(42)8-5-17)26-31(47)39-25(33(48)49)18(12-50-16(3)41)13-51-32(26)39/h4-11,14,24,26,32,42H,12-13,34H2,1-3H3,(H,35,43)(H,36,40)(H,37,44)(H,48,49)/t14?,24?,26?,32-/m0/s1. The maximum atomic E-state index is 14.3. The number of phenols is 1. The Morgan fingerprint density at radius 1 is 1.10 bits per heavy atom. The number of carbonyl (C=O) groups is 7. The molecule has 3 aromatic rings. The third-order valence-electron chi connectivity index (χ3n) is 8.12. The maximum absolute atomic E-state index is 14.3. The molecule has 4 atom stereocenters. The summed E-state index contributed by atoms with van der Waals surface area (Å²) in [6.45, 7) is 3.48. The van der Waals surface area contributed by atoms with E-state index in [2.05, 4.69) is 15.6 Å². The third kappa shape index (κ3) is 7.17. The Kier molecular flexibility index (Phi) is 10.3. The predicted octanol–water partition coefficient (Wildman–Crippen LogP) is 0.551. The van der Waals surface area contributed by atoms with Crippen LogP contribution in [0.2, 0.25) is 0 Å². The predicted molar refractivity (Wildman–Crippen MR) is 181 cm³/mol. The molecule has 51 heavy (non-hydrogen) atoms. The molecule has 3 heterocycles. The first kappa shape index (κ1) is 36.3. The van der Waals surface area contributed by atoms with Gasteiger partial charge < -0.3 is 36.3 Å². The Balaban J connectivity index is 1.52. The summed E-state index contributed by atoms with van der Waals surface area (Å²) in [5.41, 5.74) is 5.21. The van der Waals surface area contributed by atoms with Crippen LogP contribution in [0.1, 0.15) is 42.7 Å². The summed E-state index contributed by atoms with van der Waals surface area (Å²) in [6.07, 6.45) is 1.04. The normalized spacial score (nSPS) is 17.8. The van der Waals surface area contributed by atoms with E-state index in [-0.39, 0.29) is 39.2 Å². The van der Waals surface area contributed by atoms with Gasteiger partial charge in [0.2, 0.25) is 17.2 Å². The highest BCUT2D eigenvalue weighted by molar-refractivity contribution is 8.00. The van der Waals surface area contributed by atoms with Crippen LogP contribution in [0.3, 0.4) is 0 Å². The van der Waals surface area contributed by atoms with E-state index >= 15 is 0 Å². The van der Waals surface area contributed by atoms with Gasteiger partial charge >= 0.3 is 11.9 Å². The number of β-lactam (4-membered cyclic amide) rings is 1. The van der Waals surface area contributed by atoms with Crippen LogP contribution in [-0.2, 0) is 33.5 Å². The number of nitrogens with two attached hydrogens (primary N) is 1. The molecule has 0 bridgehead atoms. The van der Waals surface area contributed by atoms with Crippen LogP contribution >= 0.6 is 11.8 Å². The smallest absolute Gasteiger partial charge is 0.352 e. The number of benzene rings is 2. The Morgan fingerprint density at radius 2 is 1.78 bits per heavy atom. The molecular formula is C33H32N6O11S. The minimum atomic E-state index is -1.58. The number of ether oxygens (including phenoxy) is 1. The van der Waals surface area contributed by atoms with Crippen LogP contribution in [0.15, 0.2) is 64.7 Å². The number of fused-ring (bicyclic) bond motifs is 2. The molecule has 0 saturated carbocycles. The average Bonchev–Trinajstić information content (AvgIpc) is 3.08. The highest BCUT2D eigenvalue weighted by atomic mass is 32.2. The molecule has 2 aromatic carbocycles. The van der Waals surface area contributed by atoms with Gasteiger partial charge in [-0.2, -0.15) is 0 Å². The molecule has 17 nitrogen and oxygen atoms in total. The molecule has 1 saturated heterocycles. The lowest BCUT2D eigenvalue weighted by molar-refractivity contribution is -0.157. The number of esters is 1. The van der Waals surface area contributed by atoms with Crippen molar-refractivity contribution < 1.29 is 48.5 Å². The number of imide groups is 1. The zero-order valence-corrected chi connectivity index (χ0v) is 28.1. The second-order valence-corrected chi connectivity index (χ2v) is 12.8. The Bertz CT molecular complexity index is 2080. The van der Waals surface area contributed by atoms with Gasteiger partial charge in [-0.05, 0) is 42.8 Å². The summed E-state index contributed by atoms with van der Waals surface area (Å²) >= 11 is 1.02. The number of hydrogen-bond acceptors (Lipinski definition) is 12. The minimum absolute atomic E-state index is 0.0104. The number of amides is 5. The van der Waals surface area contributed by atoms with E-state index in [1.165, 1.54) is 56.3 Å². The van der Waals surface area contributed by atoms with Crippen molar-refractivity contribution in [1.82, 2.24) is 20.1 Å². The number of H-pyrrole nitrogens is 1. The molecule has 1 aromatic heterocycles. The second kappa shape index (κ2) is 14.5. The number of aliphatic carboxylic acids is 1. The largest absolute Gasteiger partial charge is 0.508 e. The van der Waals surface area contributed by atoms with Crippen LogP contribution in [0, 0.1) is 0 Å². The molecule has 0 radical (unpaired) electrons. The van der Waals surface area contributed by atoms with Crippen LogP contribution in [-0.4, -0.2) is 96.3 Å². The van der Waals surface area contributed by atoms with Crippen molar-refractivity contribution in [3.8, 4) is 5.75 Å². The van der Waals surface area contributed by atoms with Crippen LogP contribution < -0.4 is 21.8 Å². The van der Waals surface area contributed by atoms with Gasteiger partial charge in [-0.25, -0.2) is 4.79 Å². The number of aromatic amines is 1. The number of carboxylic acid groups (broad SMARTS) is 1. The molecule has 2 aliphatic rings. The van der Waals surface area contributed by atoms with Crippen LogP contribution in [0.5, 0.6) is 5.75 Å². The summed E-state index contributed by atoms with van der Waals surface area (Å²) in [5, 5.41) is 23.7. The van der Waals surface area contributed by atoms with Gasteiger partial charge in [0.25, 0.3) is 17.7 Å². The lowest BCUT2D eigenvalue weighted by atomic mass is 9.97. The highest BCUT2D eigenvalue weighted by Crippen LogP contribution is 2.43. The van der Waals surface area contributed by atoms with Gasteiger partial charge in [0, 0.05) is 42.4 Å². The quantitative estimate of drug-likeness (QED) is 0.124. The number of aromatic hydroxyl groups is 1.